The number of nitrogens with zero attached hydrogens (tertiary/aromatic N) is 1. The summed E-state index contributed by atoms with van der Waals surface area (Å²) in [6, 6.07) is -0.562. The van der Waals surface area contributed by atoms with Crippen LogP contribution in [0, 0.1) is 5.41 Å². The number of hydrogen-bond donors (Lipinski definition) is 2. The van der Waals surface area contributed by atoms with Crippen molar-refractivity contribution in [3.05, 3.63) is 0 Å². The van der Waals surface area contributed by atoms with Crippen LogP contribution in [-0.4, -0.2) is 47.6 Å². The summed E-state index contributed by atoms with van der Waals surface area (Å²) in [7, 11) is 0. The van der Waals surface area contributed by atoms with E-state index in [2.05, 4.69) is 5.32 Å². The highest BCUT2D eigenvalue weighted by molar-refractivity contribution is 5.89. The van der Waals surface area contributed by atoms with Gasteiger partial charge in [-0.25, -0.2) is 0 Å². The second-order valence-electron chi connectivity index (χ2n) is 5.09. The lowest BCUT2D eigenvalue weighted by Gasteiger charge is -2.26. The molecular weight excluding hydrogens is 220 g/mol. The van der Waals surface area contributed by atoms with E-state index in [9.17, 15) is 9.59 Å². The predicted octanol–water partition coefficient (Wildman–Crippen LogP) is 0.378. The molecule has 0 bridgehead atoms. The van der Waals surface area contributed by atoms with Crippen LogP contribution in [0.1, 0.15) is 34.6 Å². The van der Waals surface area contributed by atoms with Crippen LogP contribution in [0.4, 0.5) is 0 Å². The zero-order valence-electron chi connectivity index (χ0n) is 11.4. The molecule has 1 atom stereocenters. The third-order valence-corrected chi connectivity index (χ3v) is 2.46. The monoisotopic (exact) mass is 244 g/mol. The summed E-state index contributed by atoms with van der Waals surface area (Å²) in [4.78, 5) is 25.2. The Kier molecular flexibility index (Phi) is 6.16. The molecule has 2 N–H and O–H groups in total. The van der Waals surface area contributed by atoms with Crippen molar-refractivity contribution in [1.29, 1.82) is 0 Å². The van der Waals surface area contributed by atoms with E-state index in [1.54, 1.807) is 27.7 Å². The van der Waals surface area contributed by atoms with Gasteiger partial charge in [-0.3, -0.25) is 9.59 Å². The van der Waals surface area contributed by atoms with E-state index in [-0.39, 0.29) is 18.4 Å². The maximum atomic E-state index is 11.9. The van der Waals surface area contributed by atoms with Crippen LogP contribution in [-0.2, 0) is 9.59 Å². The maximum absolute atomic E-state index is 11.9. The van der Waals surface area contributed by atoms with Gasteiger partial charge in [0.25, 0.3) is 0 Å². The average molecular weight is 244 g/mol. The Balaban J connectivity index is 4.45. The molecule has 17 heavy (non-hydrogen) atoms. The number of rotatable bonds is 5. The van der Waals surface area contributed by atoms with Gasteiger partial charge in [-0.15, -0.1) is 0 Å². The molecule has 0 saturated carbocycles. The van der Waals surface area contributed by atoms with E-state index >= 15 is 0 Å². The molecular formula is C12H24N2O3. The number of hydrogen-bond acceptors (Lipinski definition) is 3. The lowest BCUT2D eigenvalue weighted by molar-refractivity contribution is -0.138. The van der Waals surface area contributed by atoms with E-state index in [1.807, 2.05) is 6.92 Å². The molecule has 0 radical (unpaired) electrons. The molecule has 0 aromatic heterocycles. The fourth-order valence-electron chi connectivity index (χ4n) is 1.29. The summed E-state index contributed by atoms with van der Waals surface area (Å²) >= 11 is 0. The molecule has 0 spiro atoms. The van der Waals surface area contributed by atoms with Crippen LogP contribution >= 0.6 is 0 Å². The Morgan fingerprint density at radius 1 is 1.35 bits per heavy atom. The molecule has 5 nitrogen and oxygen atoms in total. The number of aliphatic hydroxyl groups is 1. The zero-order valence-corrected chi connectivity index (χ0v) is 11.4. The van der Waals surface area contributed by atoms with Crippen LogP contribution in [0.3, 0.4) is 0 Å². The fourth-order valence-corrected chi connectivity index (χ4v) is 1.29. The van der Waals surface area contributed by atoms with E-state index in [1.165, 1.54) is 4.90 Å². The lowest BCUT2D eigenvalue weighted by atomic mass is 9.95. The SMILES string of the molecule is CCN(CCO)C(=O)C(C)NC(=O)C(C)(C)C. The molecule has 100 valence electrons. The first-order chi connectivity index (χ1) is 7.73. The van der Waals surface area contributed by atoms with Crippen LogP contribution in [0.15, 0.2) is 0 Å². The van der Waals surface area contributed by atoms with Gasteiger partial charge in [-0.1, -0.05) is 20.8 Å². The average Bonchev–Trinajstić information content (AvgIpc) is 2.23. The summed E-state index contributed by atoms with van der Waals surface area (Å²) in [6.45, 7) is 9.64. The summed E-state index contributed by atoms with van der Waals surface area (Å²) < 4.78 is 0. The molecule has 0 fully saturated rings. The number of amides is 2. The van der Waals surface area contributed by atoms with E-state index in [0.29, 0.717) is 13.1 Å². The predicted molar refractivity (Wildman–Crippen MR) is 66.4 cm³/mol. The number of likely N-dealkylation sites (N-methyl/N-ethyl adjacent to an activating group) is 1. The van der Waals surface area contributed by atoms with Crippen molar-refractivity contribution in [3.8, 4) is 0 Å². The molecule has 0 aliphatic carbocycles. The van der Waals surface area contributed by atoms with Crippen LogP contribution < -0.4 is 5.32 Å². The number of carbonyl (C=O) groups is 2. The highest BCUT2D eigenvalue weighted by Crippen LogP contribution is 2.13. The van der Waals surface area contributed by atoms with Crippen molar-refractivity contribution in [2.75, 3.05) is 19.7 Å². The Morgan fingerprint density at radius 3 is 2.24 bits per heavy atom. The van der Waals surface area contributed by atoms with Gasteiger partial charge in [0.2, 0.25) is 11.8 Å². The van der Waals surface area contributed by atoms with Gasteiger partial charge < -0.3 is 15.3 Å². The van der Waals surface area contributed by atoms with Gasteiger partial charge in [0.05, 0.1) is 6.61 Å². The first kappa shape index (κ1) is 15.9. The van der Waals surface area contributed by atoms with Crippen LogP contribution in [0.2, 0.25) is 0 Å². The van der Waals surface area contributed by atoms with Crippen LogP contribution in [0.5, 0.6) is 0 Å². The molecule has 0 rings (SSSR count). The largest absolute Gasteiger partial charge is 0.395 e. The van der Waals surface area contributed by atoms with Gasteiger partial charge in [0.15, 0.2) is 0 Å². The summed E-state index contributed by atoms with van der Waals surface area (Å²) in [6.07, 6.45) is 0. The van der Waals surface area contributed by atoms with Crippen LogP contribution in [0.25, 0.3) is 0 Å². The van der Waals surface area contributed by atoms with E-state index in [0.717, 1.165) is 0 Å². The number of nitrogens with one attached hydrogen (secondary N) is 1. The molecule has 1 unspecified atom stereocenters. The van der Waals surface area contributed by atoms with Crippen molar-refractivity contribution < 1.29 is 14.7 Å². The Morgan fingerprint density at radius 2 is 1.88 bits per heavy atom. The Hall–Kier alpha value is -1.10. The second-order valence-corrected chi connectivity index (χ2v) is 5.09. The summed E-state index contributed by atoms with van der Waals surface area (Å²) in [5, 5.41) is 11.5. The summed E-state index contributed by atoms with van der Waals surface area (Å²) in [5.41, 5.74) is -0.511. The maximum Gasteiger partial charge on any atom is 0.244 e. The van der Waals surface area contributed by atoms with Crippen molar-refractivity contribution in [1.82, 2.24) is 10.2 Å². The topological polar surface area (TPSA) is 69.6 Å². The minimum Gasteiger partial charge on any atom is -0.395 e. The van der Waals surface area contributed by atoms with Crippen molar-refractivity contribution in [2.24, 2.45) is 5.41 Å². The Labute approximate surface area is 103 Å². The number of carbonyl (C=O) groups excluding carboxylic acids is 2. The standard InChI is InChI=1S/C12H24N2O3/c1-6-14(7-8-15)10(16)9(2)13-11(17)12(3,4)5/h9,15H,6-8H2,1-5H3,(H,13,17). The Bertz CT molecular complexity index is 271. The van der Waals surface area contributed by atoms with Gasteiger partial charge in [-0.2, -0.15) is 0 Å². The molecule has 0 saturated heterocycles. The third kappa shape index (κ3) is 5.17. The van der Waals surface area contributed by atoms with Gasteiger partial charge >= 0.3 is 0 Å². The van der Waals surface area contributed by atoms with Gasteiger partial charge in [0.1, 0.15) is 6.04 Å². The first-order valence-corrected chi connectivity index (χ1v) is 5.94. The summed E-state index contributed by atoms with van der Waals surface area (Å²) in [5.74, 6) is -0.322. The van der Waals surface area contributed by atoms with E-state index in [4.69, 9.17) is 5.11 Å². The highest BCUT2D eigenvalue weighted by atomic mass is 16.3. The van der Waals surface area contributed by atoms with Gasteiger partial charge in [-0.05, 0) is 13.8 Å². The highest BCUT2D eigenvalue weighted by Gasteiger charge is 2.26. The van der Waals surface area contributed by atoms with Crippen molar-refractivity contribution in [3.63, 3.8) is 0 Å². The molecule has 0 aliphatic heterocycles. The number of aliphatic hydroxyl groups excluding tert-OH is 1. The minimum atomic E-state index is -0.562. The molecule has 0 aromatic carbocycles. The smallest absolute Gasteiger partial charge is 0.244 e. The van der Waals surface area contributed by atoms with E-state index < -0.39 is 11.5 Å². The third-order valence-electron chi connectivity index (χ3n) is 2.46. The lowest BCUT2D eigenvalue weighted by Crippen LogP contribution is -2.50. The quantitative estimate of drug-likeness (QED) is 0.734. The molecule has 0 aliphatic rings. The molecule has 2 amide bonds. The van der Waals surface area contributed by atoms with Gasteiger partial charge in [0, 0.05) is 18.5 Å². The second kappa shape index (κ2) is 6.59. The van der Waals surface area contributed by atoms with Crippen molar-refractivity contribution >= 4 is 11.8 Å². The normalized spacial score (nSPS) is 13.1. The van der Waals surface area contributed by atoms with Crippen molar-refractivity contribution in [2.45, 2.75) is 40.7 Å². The zero-order chi connectivity index (χ0) is 13.6. The minimum absolute atomic E-state index is 0.0699. The fraction of sp³-hybridized carbons (Fsp3) is 0.833. The molecule has 0 aromatic rings. The first-order valence-electron chi connectivity index (χ1n) is 5.94. The molecule has 5 heteroatoms. The molecule has 0 heterocycles.